The lowest BCUT2D eigenvalue weighted by atomic mass is 9.92. The maximum atomic E-state index is 10.9. The van der Waals surface area contributed by atoms with E-state index in [4.69, 9.17) is 10.8 Å². The number of nitrogens with one attached hydrogen (secondary N) is 1. The number of aromatic carboxylic acids is 1. The van der Waals surface area contributed by atoms with Crippen molar-refractivity contribution in [2.24, 2.45) is 5.41 Å². The molecule has 5 nitrogen and oxygen atoms in total. The molecular weight excluding hydrogens is 230 g/mol. The zero-order chi connectivity index (χ0) is 13.3. The molecule has 0 aromatic carbocycles. The van der Waals surface area contributed by atoms with Gasteiger partial charge in [-0.3, -0.25) is 0 Å². The van der Waals surface area contributed by atoms with Crippen LogP contribution >= 0.6 is 0 Å². The van der Waals surface area contributed by atoms with E-state index in [1.54, 1.807) is 6.07 Å². The summed E-state index contributed by atoms with van der Waals surface area (Å²) in [4.78, 5) is 14.9. The predicted octanol–water partition coefficient (Wildman–Crippen LogP) is 2.35. The molecule has 4 N–H and O–H groups in total. The lowest BCUT2D eigenvalue weighted by Crippen LogP contribution is -2.20. The van der Waals surface area contributed by atoms with Crippen molar-refractivity contribution in [2.75, 3.05) is 11.1 Å². The molecule has 0 aliphatic heterocycles. The first-order valence-corrected chi connectivity index (χ1v) is 6.14. The third-order valence-electron chi connectivity index (χ3n) is 3.45. The number of pyridine rings is 1. The van der Waals surface area contributed by atoms with Crippen LogP contribution in [0.3, 0.4) is 0 Å². The van der Waals surface area contributed by atoms with Crippen molar-refractivity contribution in [1.29, 1.82) is 0 Å². The second-order valence-corrected chi connectivity index (χ2v) is 5.69. The number of aromatic nitrogens is 1. The van der Waals surface area contributed by atoms with E-state index in [1.165, 1.54) is 6.07 Å². The molecule has 1 aromatic heterocycles. The molecule has 0 spiro atoms. The highest BCUT2D eigenvalue weighted by Gasteiger charge is 2.31. The zero-order valence-corrected chi connectivity index (χ0v) is 10.7. The van der Waals surface area contributed by atoms with E-state index in [1.807, 2.05) is 0 Å². The topological polar surface area (TPSA) is 88.2 Å². The summed E-state index contributed by atoms with van der Waals surface area (Å²) in [7, 11) is 0. The van der Waals surface area contributed by atoms with Crippen LogP contribution in [0.25, 0.3) is 0 Å². The Morgan fingerprint density at radius 2 is 2.28 bits per heavy atom. The van der Waals surface area contributed by atoms with Gasteiger partial charge in [-0.15, -0.1) is 0 Å². The number of rotatable bonds is 3. The summed E-state index contributed by atoms with van der Waals surface area (Å²) in [5.74, 6) is -0.553. The van der Waals surface area contributed by atoms with Crippen LogP contribution in [0.4, 0.5) is 11.5 Å². The summed E-state index contributed by atoms with van der Waals surface area (Å²) in [6.07, 6.45) is 3.26. The lowest BCUT2D eigenvalue weighted by Gasteiger charge is -2.19. The monoisotopic (exact) mass is 249 g/mol. The molecule has 1 unspecified atom stereocenters. The number of nitrogens with zero attached hydrogens (tertiary/aromatic N) is 1. The van der Waals surface area contributed by atoms with Crippen LogP contribution in [0.1, 0.15) is 43.6 Å². The molecule has 1 saturated carbocycles. The van der Waals surface area contributed by atoms with Gasteiger partial charge in [0.1, 0.15) is 5.82 Å². The molecule has 98 valence electrons. The third-order valence-corrected chi connectivity index (χ3v) is 3.45. The normalized spacial score (nSPS) is 21.8. The van der Waals surface area contributed by atoms with Gasteiger partial charge in [-0.2, -0.15) is 0 Å². The van der Waals surface area contributed by atoms with Gasteiger partial charge in [0.05, 0.1) is 5.69 Å². The van der Waals surface area contributed by atoms with E-state index in [0.29, 0.717) is 23.0 Å². The van der Waals surface area contributed by atoms with E-state index >= 15 is 0 Å². The van der Waals surface area contributed by atoms with Crippen LogP contribution in [0, 0.1) is 5.41 Å². The molecular formula is C13H19N3O2. The molecule has 1 aliphatic rings. The minimum Gasteiger partial charge on any atom is -0.477 e. The Balaban J connectivity index is 2.14. The summed E-state index contributed by atoms with van der Waals surface area (Å²) in [5.41, 5.74) is 6.66. The summed E-state index contributed by atoms with van der Waals surface area (Å²) >= 11 is 0. The van der Waals surface area contributed by atoms with E-state index in [0.717, 1.165) is 19.3 Å². The second kappa shape index (κ2) is 4.48. The molecule has 0 saturated heterocycles. The standard InChI is InChI=1S/C13H19N3O2/c1-13(2)6-5-8(7-13)15-11-9(14)3-4-10(16-11)12(17)18/h3-4,8H,5-7,14H2,1-2H3,(H,15,16)(H,17,18). The molecule has 0 amide bonds. The summed E-state index contributed by atoms with van der Waals surface area (Å²) < 4.78 is 0. The van der Waals surface area contributed by atoms with Gasteiger partial charge < -0.3 is 16.2 Å². The van der Waals surface area contributed by atoms with Gasteiger partial charge in [-0.25, -0.2) is 9.78 Å². The van der Waals surface area contributed by atoms with Crippen molar-refractivity contribution in [1.82, 2.24) is 4.98 Å². The lowest BCUT2D eigenvalue weighted by molar-refractivity contribution is 0.0690. The van der Waals surface area contributed by atoms with Crippen LogP contribution in [0.2, 0.25) is 0 Å². The highest BCUT2D eigenvalue weighted by molar-refractivity contribution is 5.86. The van der Waals surface area contributed by atoms with Crippen LogP contribution in [0.5, 0.6) is 0 Å². The summed E-state index contributed by atoms with van der Waals surface area (Å²) in [6, 6.07) is 3.32. The van der Waals surface area contributed by atoms with Crippen LogP contribution in [-0.4, -0.2) is 22.1 Å². The SMILES string of the molecule is CC1(C)CCC(Nc2nc(C(=O)O)ccc2N)C1. The van der Waals surface area contributed by atoms with Gasteiger partial charge in [0.25, 0.3) is 0 Å². The molecule has 1 fully saturated rings. The number of nitrogen functional groups attached to an aromatic ring is 1. The Kier molecular flexibility index (Phi) is 3.15. The van der Waals surface area contributed by atoms with Crippen LogP contribution in [0.15, 0.2) is 12.1 Å². The van der Waals surface area contributed by atoms with Crippen LogP contribution < -0.4 is 11.1 Å². The molecule has 1 aliphatic carbocycles. The first kappa shape index (κ1) is 12.7. The van der Waals surface area contributed by atoms with Gasteiger partial charge in [0.15, 0.2) is 5.69 Å². The Morgan fingerprint density at radius 3 is 2.83 bits per heavy atom. The second-order valence-electron chi connectivity index (χ2n) is 5.69. The van der Waals surface area contributed by atoms with Crippen molar-refractivity contribution in [2.45, 2.75) is 39.2 Å². The van der Waals surface area contributed by atoms with Gasteiger partial charge >= 0.3 is 5.97 Å². The van der Waals surface area contributed by atoms with Crippen molar-refractivity contribution >= 4 is 17.5 Å². The Hall–Kier alpha value is -1.78. The quantitative estimate of drug-likeness (QED) is 0.765. The summed E-state index contributed by atoms with van der Waals surface area (Å²) in [5, 5.41) is 12.2. The number of hydrogen-bond acceptors (Lipinski definition) is 4. The van der Waals surface area contributed by atoms with Crippen molar-refractivity contribution in [3.05, 3.63) is 17.8 Å². The highest BCUT2D eigenvalue weighted by atomic mass is 16.4. The minimum atomic E-state index is -1.04. The molecule has 1 atom stereocenters. The molecule has 18 heavy (non-hydrogen) atoms. The Bertz CT molecular complexity index is 471. The molecule has 5 heteroatoms. The summed E-state index contributed by atoms with van der Waals surface area (Å²) in [6.45, 7) is 4.47. The van der Waals surface area contributed by atoms with Gasteiger partial charge in [0, 0.05) is 6.04 Å². The van der Waals surface area contributed by atoms with Crippen molar-refractivity contribution in [3.8, 4) is 0 Å². The van der Waals surface area contributed by atoms with E-state index in [9.17, 15) is 4.79 Å². The molecule has 1 heterocycles. The molecule has 0 radical (unpaired) electrons. The fourth-order valence-corrected chi connectivity index (χ4v) is 2.46. The predicted molar refractivity (Wildman–Crippen MR) is 70.7 cm³/mol. The average molecular weight is 249 g/mol. The van der Waals surface area contributed by atoms with Gasteiger partial charge in [0.2, 0.25) is 0 Å². The third kappa shape index (κ3) is 2.72. The smallest absolute Gasteiger partial charge is 0.354 e. The number of anilines is 2. The Morgan fingerprint density at radius 1 is 1.56 bits per heavy atom. The number of carbonyl (C=O) groups is 1. The first-order chi connectivity index (χ1) is 8.37. The maximum absolute atomic E-state index is 10.9. The molecule has 1 aromatic rings. The van der Waals surface area contributed by atoms with Gasteiger partial charge in [-0.05, 0) is 36.8 Å². The fraction of sp³-hybridized carbons (Fsp3) is 0.538. The molecule has 0 bridgehead atoms. The maximum Gasteiger partial charge on any atom is 0.354 e. The number of nitrogens with two attached hydrogens (primary N) is 1. The van der Waals surface area contributed by atoms with Crippen LogP contribution in [-0.2, 0) is 0 Å². The highest BCUT2D eigenvalue weighted by Crippen LogP contribution is 2.38. The molecule has 2 rings (SSSR count). The zero-order valence-electron chi connectivity index (χ0n) is 10.7. The van der Waals surface area contributed by atoms with E-state index in [2.05, 4.69) is 24.1 Å². The van der Waals surface area contributed by atoms with Crippen molar-refractivity contribution in [3.63, 3.8) is 0 Å². The fourth-order valence-electron chi connectivity index (χ4n) is 2.46. The number of carboxylic acid groups (broad SMARTS) is 1. The van der Waals surface area contributed by atoms with Gasteiger partial charge in [-0.1, -0.05) is 13.8 Å². The van der Waals surface area contributed by atoms with E-state index < -0.39 is 5.97 Å². The average Bonchev–Trinajstić information content (AvgIpc) is 2.61. The van der Waals surface area contributed by atoms with E-state index in [-0.39, 0.29) is 5.69 Å². The number of hydrogen-bond donors (Lipinski definition) is 3. The first-order valence-electron chi connectivity index (χ1n) is 6.14. The Labute approximate surface area is 106 Å². The number of carboxylic acids is 1. The largest absolute Gasteiger partial charge is 0.477 e. The van der Waals surface area contributed by atoms with Crippen molar-refractivity contribution < 1.29 is 9.90 Å². The minimum absolute atomic E-state index is 0.0176.